The molecule has 18 heavy (non-hydrogen) atoms. The van der Waals surface area contributed by atoms with Crippen molar-refractivity contribution in [1.82, 2.24) is 9.13 Å². The summed E-state index contributed by atoms with van der Waals surface area (Å²) in [6.07, 6.45) is 2.95. The van der Waals surface area contributed by atoms with Gasteiger partial charge < -0.3 is 0 Å². The fourth-order valence-electron chi connectivity index (χ4n) is 1.73. The predicted molar refractivity (Wildman–Crippen MR) is 66.6 cm³/mol. The molecule has 0 saturated carbocycles. The van der Waals surface area contributed by atoms with E-state index in [9.17, 15) is 9.59 Å². The second-order valence-electron chi connectivity index (χ2n) is 3.85. The molecule has 5 nitrogen and oxygen atoms in total. The van der Waals surface area contributed by atoms with Gasteiger partial charge in [-0.2, -0.15) is 5.26 Å². The molecular weight excluding hydrogens is 230 g/mol. The van der Waals surface area contributed by atoms with Gasteiger partial charge in [-0.1, -0.05) is 18.2 Å². The summed E-state index contributed by atoms with van der Waals surface area (Å²) in [6, 6.07) is 9.13. The monoisotopic (exact) mass is 241 g/mol. The number of nitrogens with zero attached hydrogens (tertiary/aromatic N) is 3. The zero-order valence-corrected chi connectivity index (χ0v) is 9.83. The van der Waals surface area contributed by atoms with Gasteiger partial charge in [0.25, 0.3) is 0 Å². The molecule has 0 amide bonds. The Kier molecular flexibility index (Phi) is 3.11. The number of hydrogen-bond acceptors (Lipinski definition) is 3. The minimum Gasteiger partial charge on any atom is -0.295 e. The summed E-state index contributed by atoms with van der Waals surface area (Å²) < 4.78 is 2.39. The van der Waals surface area contributed by atoms with Gasteiger partial charge in [0.15, 0.2) is 0 Å². The Hall–Kier alpha value is -2.61. The van der Waals surface area contributed by atoms with E-state index < -0.39 is 11.1 Å². The van der Waals surface area contributed by atoms with Crippen molar-refractivity contribution in [3.63, 3.8) is 0 Å². The number of aromatic nitrogens is 2. The van der Waals surface area contributed by atoms with Crippen LogP contribution in [0.1, 0.15) is 5.56 Å². The number of rotatable bonds is 2. The molecular formula is C13H11N3O2. The molecule has 5 heteroatoms. The molecule has 1 aromatic heterocycles. The standard InChI is InChI=1S/C13H11N3O2/c1-10-4-2-3-5-11(10)16-9-8-15(7-6-14)12(17)13(16)18/h2-5,8-9H,7H2,1H3. The first-order chi connectivity index (χ1) is 8.65. The Bertz CT molecular complexity index is 735. The van der Waals surface area contributed by atoms with E-state index in [0.717, 1.165) is 10.1 Å². The molecule has 0 atom stereocenters. The van der Waals surface area contributed by atoms with E-state index in [2.05, 4.69) is 0 Å². The van der Waals surface area contributed by atoms with E-state index in [-0.39, 0.29) is 6.54 Å². The molecule has 0 aliphatic heterocycles. The Balaban J connectivity index is 2.67. The van der Waals surface area contributed by atoms with E-state index in [1.165, 1.54) is 17.0 Å². The van der Waals surface area contributed by atoms with Crippen molar-refractivity contribution in [3.8, 4) is 11.8 Å². The third kappa shape index (κ3) is 1.96. The Morgan fingerprint density at radius 1 is 1.17 bits per heavy atom. The average Bonchev–Trinajstić information content (AvgIpc) is 2.37. The Labute approximate surface area is 103 Å². The van der Waals surface area contributed by atoms with Crippen molar-refractivity contribution in [2.45, 2.75) is 13.5 Å². The molecule has 2 rings (SSSR count). The molecule has 0 aliphatic carbocycles. The quantitative estimate of drug-likeness (QED) is 0.731. The van der Waals surface area contributed by atoms with Crippen LogP contribution in [-0.2, 0) is 6.54 Å². The third-order valence-electron chi connectivity index (χ3n) is 2.67. The average molecular weight is 241 g/mol. The topological polar surface area (TPSA) is 67.8 Å². The van der Waals surface area contributed by atoms with E-state index >= 15 is 0 Å². The van der Waals surface area contributed by atoms with Crippen LogP contribution in [0.25, 0.3) is 5.69 Å². The molecule has 0 saturated heterocycles. The van der Waals surface area contributed by atoms with Crippen molar-refractivity contribution in [2.75, 3.05) is 0 Å². The van der Waals surface area contributed by atoms with Gasteiger partial charge in [0.05, 0.1) is 11.8 Å². The Morgan fingerprint density at radius 3 is 2.56 bits per heavy atom. The molecule has 0 spiro atoms. The normalized spacial score (nSPS) is 10.0. The summed E-state index contributed by atoms with van der Waals surface area (Å²) >= 11 is 0. The Morgan fingerprint density at radius 2 is 1.89 bits per heavy atom. The molecule has 0 unspecified atom stereocenters. The van der Waals surface area contributed by atoms with Gasteiger partial charge in [-0.3, -0.25) is 18.7 Å². The molecule has 90 valence electrons. The molecule has 0 fully saturated rings. The summed E-state index contributed by atoms with van der Waals surface area (Å²) in [5.74, 6) is 0. The maximum Gasteiger partial charge on any atom is 0.321 e. The number of nitriles is 1. The third-order valence-corrected chi connectivity index (χ3v) is 2.67. The fourth-order valence-corrected chi connectivity index (χ4v) is 1.73. The molecule has 1 heterocycles. The summed E-state index contributed by atoms with van der Waals surface area (Å²) in [7, 11) is 0. The van der Waals surface area contributed by atoms with Crippen LogP contribution in [-0.4, -0.2) is 9.13 Å². The second kappa shape index (κ2) is 4.72. The largest absolute Gasteiger partial charge is 0.321 e. The molecule has 2 aromatic rings. The smallest absolute Gasteiger partial charge is 0.295 e. The minimum atomic E-state index is -0.692. The maximum atomic E-state index is 11.9. The lowest BCUT2D eigenvalue weighted by atomic mass is 10.2. The van der Waals surface area contributed by atoms with Gasteiger partial charge in [-0.05, 0) is 18.6 Å². The maximum absolute atomic E-state index is 11.9. The first kappa shape index (κ1) is 11.9. The van der Waals surface area contributed by atoms with Crippen LogP contribution >= 0.6 is 0 Å². The molecule has 0 N–H and O–H groups in total. The van der Waals surface area contributed by atoms with Crippen molar-refractivity contribution >= 4 is 0 Å². The fraction of sp³-hybridized carbons (Fsp3) is 0.154. The summed E-state index contributed by atoms with van der Waals surface area (Å²) in [5, 5.41) is 8.55. The zero-order chi connectivity index (χ0) is 13.1. The molecule has 0 aliphatic rings. The molecule has 0 radical (unpaired) electrons. The highest BCUT2D eigenvalue weighted by atomic mass is 16.2. The lowest BCUT2D eigenvalue weighted by Gasteiger charge is -2.09. The van der Waals surface area contributed by atoms with Gasteiger partial charge in [0.1, 0.15) is 6.54 Å². The van der Waals surface area contributed by atoms with Crippen LogP contribution in [0, 0.1) is 18.3 Å². The molecule has 1 aromatic carbocycles. The predicted octanol–water partition coefficient (Wildman–Crippen LogP) is 0.831. The zero-order valence-electron chi connectivity index (χ0n) is 9.83. The lowest BCUT2D eigenvalue weighted by Crippen LogP contribution is -2.40. The van der Waals surface area contributed by atoms with Crippen molar-refractivity contribution in [3.05, 3.63) is 62.9 Å². The van der Waals surface area contributed by atoms with Crippen molar-refractivity contribution in [1.29, 1.82) is 5.26 Å². The van der Waals surface area contributed by atoms with E-state index in [4.69, 9.17) is 5.26 Å². The first-order valence-corrected chi connectivity index (χ1v) is 5.40. The highest BCUT2D eigenvalue weighted by Crippen LogP contribution is 2.09. The SMILES string of the molecule is Cc1ccccc1-n1ccn(CC#N)c(=O)c1=O. The van der Waals surface area contributed by atoms with Crippen LogP contribution in [0.3, 0.4) is 0 Å². The van der Waals surface area contributed by atoms with E-state index in [1.807, 2.05) is 25.1 Å². The van der Waals surface area contributed by atoms with Gasteiger partial charge >= 0.3 is 11.1 Å². The van der Waals surface area contributed by atoms with Crippen LogP contribution < -0.4 is 11.1 Å². The van der Waals surface area contributed by atoms with Gasteiger partial charge in [-0.25, -0.2) is 0 Å². The van der Waals surface area contributed by atoms with Crippen LogP contribution in [0.15, 0.2) is 46.2 Å². The number of benzene rings is 1. The lowest BCUT2D eigenvalue weighted by molar-refractivity contribution is 0.738. The minimum absolute atomic E-state index is 0.122. The van der Waals surface area contributed by atoms with Gasteiger partial charge in [-0.15, -0.1) is 0 Å². The summed E-state index contributed by atoms with van der Waals surface area (Å²) in [6.45, 7) is 1.74. The summed E-state index contributed by atoms with van der Waals surface area (Å²) in [5.41, 5.74) is 0.227. The van der Waals surface area contributed by atoms with Gasteiger partial charge in [0.2, 0.25) is 0 Å². The number of para-hydroxylation sites is 1. The highest BCUT2D eigenvalue weighted by molar-refractivity contribution is 5.39. The first-order valence-electron chi connectivity index (χ1n) is 5.40. The number of hydrogen-bond donors (Lipinski definition) is 0. The second-order valence-corrected chi connectivity index (χ2v) is 3.85. The van der Waals surface area contributed by atoms with Crippen LogP contribution in [0.5, 0.6) is 0 Å². The van der Waals surface area contributed by atoms with Crippen molar-refractivity contribution in [2.24, 2.45) is 0 Å². The summed E-state index contributed by atoms with van der Waals surface area (Å²) in [4.78, 5) is 23.7. The van der Waals surface area contributed by atoms with Crippen LogP contribution in [0.4, 0.5) is 0 Å². The van der Waals surface area contributed by atoms with Gasteiger partial charge in [0, 0.05) is 12.4 Å². The van der Waals surface area contributed by atoms with Crippen molar-refractivity contribution < 1.29 is 0 Å². The van der Waals surface area contributed by atoms with E-state index in [1.54, 1.807) is 12.1 Å². The highest BCUT2D eigenvalue weighted by Gasteiger charge is 2.07. The number of aryl methyl sites for hydroxylation is 1. The molecule has 0 bridgehead atoms. The van der Waals surface area contributed by atoms with Crippen LogP contribution in [0.2, 0.25) is 0 Å². The van der Waals surface area contributed by atoms with E-state index in [0.29, 0.717) is 5.69 Å².